The maximum Gasteiger partial charge on any atom is 0.410 e. The fraction of sp³-hybridized carbons (Fsp3) is 0.526. The molecule has 2 aliphatic rings. The molecule has 2 aromatic carbocycles. The summed E-state index contributed by atoms with van der Waals surface area (Å²) in [6.45, 7) is 13.6. The number of carbonyl (C=O) groups is 2. The van der Waals surface area contributed by atoms with Gasteiger partial charge in [-0.05, 0) is 128 Å². The first-order chi connectivity index (χ1) is 22.6. The van der Waals surface area contributed by atoms with E-state index in [9.17, 15) is 18.4 Å². The molecule has 2 fully saturated rings. The van der Waals surface area contributed by atoms with Crippen molar-refractivity contribution in [3.63, 3.8) is 0 Å². The highest BCUT2D eigenvalue weighted by molar-refractivity contribution is 5.85. The molecule has 4 heterocycles. The molecule has 258 valence electrons. The number of hydrogen-bond donors (Lipinski definition) is 0. The SMILES string of the molecule is CC(C)(C)OC(=O)N1CCC[C@H]1Cc1cn(CCn2cc(C[C@@H]3CCCN3C(=O)OC(C)(C)C)c3ccc(F)cc32)c2cc(F)ccc12. The van der Waals surface area contributed by atoms with Gasteiger partial charge in [-0.3, -0.25) is 0 Å². The van der Waals surface area contributed by atoms with Gasteiger partial charge >= 0.3 is 12.2 Å². The molecular formula is C38H48F2N4O4. The van der Waals surface area contributed by atoms with Crippen LogP contribution in [0.2, 0.25) is 0 Å². The van der Waals surface area contributed by atoms with Crippen LogP contribution in [0.4, 0.5) is 18.4 Å². The molecule has 2 amide bonds. The number of hydrogen-bond acceptors (Lipinski definition) is 4. The van der Waals surface area contributed by atoms with E-state index in [4.69, 9.17) is 9.47 Å². The Morgan fingerprint density at radius 3 is 1.46 bits per heavy atom. The van der Waals surface area contributed by atoms with Gasteiger partial charge in [0.2, 0.25) is 0 Å². The predicted molar refractivity (Wildman–Crippen MR) is 183 cm³/mol. The first-order valence-electron chi connectivity index (χ1n) is 17.2. The number of carbonyl (C=O) groups excluding carboxylic acids is 2. The van der Waals surface area contributed by atoms with Crippen LogP contribution in [0.3, 0.4) is 0 Å². The fourth-order valence-corrected chi connectivity index (χ4v) is 7.32. The van der Waals surface area contributed by atoms with Crippen molar-refractivity contribution in [3.8, 4) is 0 Å². The van der Waals surface area contributed by atoms with Crippen LogP contribution in [-0.4, -0.2) is 67.5 Å². The van der Waals surface area contributed by atoms with Gasteiger partial charge in [-0.2, -0.15) is 0 Å². The monoisotopic (exact) mass is 662 g/mol. The second kappa shape index (κ2) is 13.1. The van der Waals surface area contributed by atoms with Gasteiger partial charge in [0.05, 0.1) is 11.0 Å². The Labute approximate surface area is 281 Å². The summed E-state index contributed by atoms with van der Waals surface area (Å²) in [6, 6.07) is 9.72. The van der Waals surface area contributed by atoms with Crippen molar-refractivity contribution in [1.82, 2.24) is 18.9 Å². The van der Waals surface area contributed by atoms with Crippen LogP contribution in [0, 0.1) is 11.6 Å². The van der Waals surface area contributed by atoms with Crippen molar-refractivity contribution < 1.29 is 27.8 Å². The molecule has 48 heavy (non-hydrogen) atoms. The molecule has 4 aromatic rings. The van der Waals surface area contributed by atoms with E-state index in [1.165, 1.54) is 12.1 Å². The first kappa shape index (κ1) is 33.8. The maximum atomic E-state index is 14.6. The number of aryl methyl sites for hydroxylation is 2. The van der Waals surface area contributed by atoms with Crippen LogP contribution >= 0.6 is 0 Å². The van der Waals surface area contributed by atoms with Crippen molar-refractivity contribution in [2.24, 2.45) is 0 Å². The number of likely N-dealkylation sites (tertiary alicyclic amines) is 2. The van der Waals surface area contributed by atoms with Gasteiger partial charge in [0.1, 0.15) is 22.8 Å². The van der Waals surface area contributed by atoms with E-state index in [1.807, 2.05) is 63.5 Å². The Hall–Kier alpha value is -4.08. The van der Waals surface area contributed by atoms with Crippen LogP contribution < -0.4 is 0 Å². The third-order valence-corrected chi connectivity index (χ3v) is 9.36. The normalized spacial score (nSPS) is 18.8. The predicted octanol–water partition coefficient (Wildman–Crippen LogP) is 8.46. The average Bonchev–Trinajstić information content (AvgIpc) is 3.77. The largest absolute Gasteiger partial charge is 0.444 e. The van der Waals surface area contributed by atoms with Crippen molar-refractivity contribution in [2.75, 3.05) is 13.1 Å². The van der Waals surface area contributed by atoms with E-state index in [2.05, 4.69) is 21.5 Å². The van der Waals surface area contributed by atoms with Crippen LogP contribution in [0.5, 0.6) is 0 Å². The first-order valence-corrected chi connectivity index (χ1v) is 17.2. The Morgan fingerprint density at radius 2 is 1.08 bits per heavy atom. The van der Waals surface area contributed by atoms with E-state index >= 15 is 0 Å². The molecule has 0 spiro atoms. The van der Waals surface area contributed by atoms with Crippen LogP contribution in [0.15, 0.2) is 48.8 Å². The zero-order chi connectivity index (χ0) is 34.4. The lowest BCUT2D eigenvalue weighted by Crippen LogP contribution is -2.40. The molecule has 2 aliphatic heterocycles. The van der Waals surface area contributed by atoms with Gasteiger partial charge < -0.3 is 28.4 Å². The summed E-state index contributed by atoms with van der Waals surface area (Å²) < 4.78 is 44.7. The maximum absolute atomic E-state index is 14.6. The van der Waals surface area contributed by atoms with Crippen molar-refractivity contribution in [3.05, 3.63) is 71.6 Å². The number of benzene rings is 2. The molecule has 0 saturated carbocycles. The Morgan fingerprint density at radius 1 is 0.688 bits per heavy atom. The number of rotatable bonds is 7. The fourth-order valence-electron chi connectivity index (χ4n) is 7.32. The minimum atomic E-state index is -0.572. The molecule has 2 atom stereocenters. The van der Waals surface area contributed by atoms with E-state index in [1.54, 1.807) is 12.1 Å². The number of nitrogens with zero attached hydrogens (tertiary/aromatic N) is 4. The van der Waals surface area contributed by atoms with Crippen LogP contribution in [0.25, 0.3) is 21.8 Å². The van der Waals surface area contributed by atoms with Crippen molar-refractivity contribution in [1.29, 1.82) is 0 Å². The standard InChI is InChI=1S/C38H48F2N4O4/c1-37(2,3)47-35(45)43-15-7-9-29(43)19-25-23-41(33-21-27(39)11-13-31(25)33)17-18-42-24-26(32-14-12-28(40)22-34(32)42)20-30-10-8-16-44(30)36(46)48-38(4,5)6/h11-14,21-24,29-30H,7-10,15-20H2,1-6H3/t29-,30-/m0/s1. The molecule has 2 saturated heterocycles. The second-order valence-electron chi connectivity index (χ2n) is 15.4. The number of fused-ring (bicyclic) bond motifs is 2. The summed E-state index contributed by atoms with van der Waals surface area (Å²) in [5.74, 6) is -0.627. The summed E-state index contributed by atoms with van der Waals surface area (Å²) in [4.78, 5) is 29.6. The molecule has 0 bridgehead atoms. The molecule has 0 unspecified atom stereocenters. The number of amides is 2. The summed E-state index contributed by atoms with van der Waals surface area (Å²) in [5, 5.41) is 1.92. The van der Waals surface area contributed by atoms with E-state index in [-0.39, 0.29) is 35.9 Å². The Bertz CT molecular complexity index is 1680. The molecule has 0 N–H and O–H groups in total. The summed E-state index contributed by atoms with van der Waals surface area (Å²) in [5.41, 5.74) is 2.54. The van der Waals surface area contributed by atoms with Gasteiger partial charge in [0.15, 0.2) is 0 Å². The number of ether oxygens (including phenoxy) is 2. The molecule has 10 heteroatoms. The minimum absolute atomic E-state index is 0.00119. The third kappa shape index (κ3) is 7.47. The van der Waals surface area contributed by atoms with Gasteiger partial charge in [-0.25, -0.2) is 18.4 Å². The highest BCUT2D eigenvalue weighted by Crippen LogP contribution is 2.31. The van der Waals surface area contributed by atoms with Gasteiger partial charge in [0.25, 0.3) is 0 Å². The smallest absolute Gasteiger partial charge is 0.410 e. The van der Waals surface area contributed by atoms with Gasteiger partial charge in [-0.15, -0.1) is 0 Å². The average molecular weight is 663 g/mol. The van der Waals surface area contributed by atoms with Crippen LogP contribution in [-0.2, 0) is 35.4 Å². The van der Waals surface area contributed by atoms with E-state index in [0.29, 0.717) is 39.0 Å². The van der Waals surface area contributed by atoms with Crippen LogP contribution in [0.1, 0.15) is 78.4 Å². The highest BCUT2D eigenvalue weighted by atomic mass is 19.1. The van der Waals surface area contributed by atoms with Gasteiger partial charge in [-0.1, -0.05) is 0 Å². The Kier molecular flexibility index (Phi) is 9.22. The van der Waals surface area contributed by atoms with E-state index < -0.39 is 11.2 Å². The number of aromatic nitrogens is 2. The molecule has 6 rings (SSSR count). The minimum Gasteiger partial charge on any atom is -0.444 e. The summed E-state index contributed by atoms with van der Waals surface area (Å²) >= 11 is 0. The lowest BCUT2D eigenvalue weighted by molar-refractivity contribution is 0.0216. The van der Waals surface area contributed by atoms with Crippen molar-refractivity contribution in [2.45, 2.75) is 116 Å². The molecule has 8 nitrogen and oxygen atoms in total. The van der Waals surface area contributed by atoms with E-state index in [0.717, 1.165) is 58.6 Å². The third-order valence-electron chi connectivity index (χ3n) is 9.36. The quantitative estimate of drug-likeness (QED) is 0.199. The zero-order valence-corrected chi connectivity index (χ0v) is 29.0. The summed E-state index contributed by atoms with van der Waals surface area (Å²) in [6.07, 6.45) is 8.41. The Balaban J connectivity index is 1.24. The number of halogens is 2. The zero-order valence-electron chi connectivity index (χ0n) is 29.0. The van der Waals surface area contributed by atoms with Crippen molar-refractivity contribution >= 4 is 34.0 Å². The lowest BCUT2D eigenvalue weighted by Gasteiger charge is -2.28. The molecule has 0 aliphatic carbocycles. The second-order valence-corrected chi connectivity index (χ2v) is 15.4. The summed E-state index contributed by atoms with van der Waals surface area (Å²) in [7, 11) is 0. The topological polar surface area (TPSA) is 68.9 Å². The lowest BCUT2D eigenvalue weighted by atomic mass is 10.0. The molecule has 0 radical (unpaired) electrons. The molecular weight excluding hydrogens is 614 g/mol. The molecule has 2 aromatic heterocycles. The van der Waals surface area contributed by atoms with Gasteiger partial charge in [0, 0.05) is 61.4 Å². The highest BCUT2D eigenvalue weighted by Gasteiger charge is 2.34.